The fourth-order valence-corrected chi connectivity index (χ4v) is 3.43. The second-order valence-electron chi connectivity index (χ2n) is 8.76. The van der Waals surface area contributed by atoms with Gasteiger partial charge >= 0.3 is 12.6 Å². The summed E-state index contributed by atoms with van der Waals surface area (Å²) in [5, 5.41) is 4.16. The predicted molar refractivity (Wildman–Crippen MR) is 131 cm³/mol. The summed E-state index contributed by atoms with van der Waals surface area (Å²) in [5.74, 6) is -1.18. The number of rotatable bonds is 10. The van der Waals surface area contributed by atoms with Crippen molar-refractivity contribution in [1.82, 2.24) is 19.7 Å². The van der Waals surface area contributed by atoms with Gasteiger partial charge < -0.3 is 19.1 Å². The number of nitrogens with zero attached hydrogens (tertiary/aromatic N) is 4. The molecule has 1 saturated carbocycles. The quantitative estimate of drug-likeness (QED) is 0.367. The average Bonchev–Trinajstić information content (AvgIpc) is 3.72. The molecule has 1 aliphatic rings. The highest BCUT2D eigenvalue weighted by atomic mass is 19.3. The van der Waals surface area contributed by atoms with Gasteiger partial charge in [0.2, 0.25) is 5.88 Å². The zero-order valence-electron chi connectivity index (χ0n) is 21.0. The van der Waals surface area contributed by atoms with Crippen LogP contribution >= 0.6 is 0 Å². The van der Waals surface area contributed by atoms with Crippen molar-refractivity contribution in [3.05, 3.63) is 69.8 Å². The molecule has 0 radical (unpaired) electrons. The van der Waals surface area contributed by atoms with Crippen molar-refractivity contribution in [2.45, 2.75) is 33.3 Å². The third-order valence-corrected chi connectivity index (χ3v) is 5.84. The first-order chi connectivity index (χ1) is 18.2. The Morgan fingerprint density at radius 2 is 1.92 bits per heavy atom. The van der Waals surface area contributed by atoms with Crippen molar-refractivity contribution < 1.29 is 32.6 Å². The lowest BCUT2D eigenvalue weighted by Gasteiger charge is -2.15. The van der Waals surface area contributed by atoms with E-state index in [4.69, 9.17) is 9.47 Å². The van der Waals surface area contributed by atoms with E-state index < -0.39 is 18.1 Å². The monoisotopic (exact) mass is 528 g/mol. The zero-order valence-corrected chi connectivity index (χ0v) is 21.0. The van der Waals surface area contributed by atoms with Crippen molar-refractivity contribution in [2.75, 3.05) is 20.2 Å². The number of aryl methyl sites for hydroxylation is 1. The molecule has 0 aliphatic heterocycles. The van der Waals surface area contributed by atoms with Crippen molar-refractivity contribution in [3.8, 4) is 23.1 Å². The molecule has 0 spiro atoms. The molecule has 1 fully saturated rings. The van der Waals surface area contributed by atoms with Crippen LogP contribution in [0.3, 0.4) is 0 Å². The maximum atomic E-state index is 13.0. The Kier molecular flexibility index (Phi) is 7.99. The van der Waals surface area contributed by atoms with Gasteiger partial charge in [-0.2, -0.15) is 18.6 Å². The summed E-state index contributed by atoms with van der Waals surface area (Å²) >= 11 is 0. The molecule has 200 valence electrons. The van der Waals surface area contributed by atoms with Crippen molar-refractivity contribution in [1.29, 1.82) is 0 Å². The van der Waals surface area contributed by atoms with Crippen LogP contribution in [0.4, 0.5) is 8.78 Å². The van der Waals surface area contributed by atoms with Crippen LogP contribution < -0.4 is 19.8 Å². The van der Waals surface area contributed by atoms with Gasteiger partial charge in [0, 0.05) is 31.8 Å². The van der Waals surface area contributed by atoms with Crippen LogP contribution in [-0.4, -0.2) is 58.4 Å². The van der Waals surface area contributed by atoms with Crippen LogP contribution in [0.25, 0.3) is 5.69 Å². The first-order valence-corrected chi connectivity index (χ1v) is 11.9. The fourth-order valence-electron chi connectivity index (χ4n) is 3.43. The van der Waals surface area contributed by atoms with Gasteiger partial charge in [0.15, 0.2) is 17.2 Å². The Hall–Kier alpha value is -4.35. The van der Waals surface area contributed by atoms with Gasteiger partial charge in [0.1, 0.15) is 5.69 Å². The number of benzene rings is 1. The minimum absolute atomic E-state index is 0.0239. The number of esters is 1. The van der Waals surface area contributed by atoms with E-state index in [-0.39, 0.29) is 45.9 Å². The molecule has 10 nitrogen and oxygen atoms in total. The van der Waals surface area contributed by atoms with E-state index in [1.807, 2.05) is 6.92 Å². The van der Waals surface area contributed by atoms with Crippen LogP contribution in [-0.2, 0) is 0 Å². The Balaban J connectivity index is 1.62. The van der Waals surface area contributed by atoms with Gasteiger partial charge in [0.05, 0.1) is 12.3 Å². The summed E-state index contributed by atoms with van der Waals surface area (Å²) in [7, 11) is 1.62. The topological polar surface area (TPSA) is 113 Å². The van der Waals surface area contributed by atoms with Gasteiger partial charge in [0.25, 0.3) is 11.5 Å². The maximum Gasteiger partial charge on any atom is 0.387 e. The summed E-state index contributed by atoms with van der Waals surface area (Å²) in [5.41, 5.74) is -0.230. The van der Waals surface area contributed by atoms with Gasteiger partial charge in [-0.1, -0.05) is 6.07 Å². The number of carbonyl (C=O) groups is 2. The SMILES string of the molecule is CCN(C)C(=O)c1cccc(OC(=O)c2nn(-c3ccc(OC(F)F)c(OCC4CC4)c3)c(=O)cc2C)n1. The number of aromatic nitrogens is 3. The molecule has 1 aromatic carbocycles. The van der Waals surface area contributed by atoms with Gasteiger partial charge in [-0.05, 0) is 56.4 Å². The third kappa shape index (κ3) is 6.31. The van der Waals surface area contributed by atoms with E-state index in [0.29, 0.717) is 19.1 Å². The maximum absolute atomic E-state index is 13.0. The van der Waals surface area contributed by atoms with Crippen molar-refractivity contribution in [2.24, 2.45) is 5.92 Å². The van der Waals surface area contributed by atoms with Crippen LogP contribution in [0.2, 0.25) is 0 Å². The molecule has 2 aromatic heterocycles. The molecule has 2 heterocycles. The molecule has 0 unspecified atom stereocenters. The summed E-state index contributed by atoms with van der Waals surface area (Å²) in [4.78, 5) is 43.6. The minimum atomic E-state index is -3.06. The Morgan fingerprint density at radius 3 is 2.61 bits per heavy atom. The van der Waals surface area contributed by atoms with Gasteiger partial charge in [-0.25, -0.2) is 9.78 Å². The highest BCUT2D eigenvalue weighted by molar-refractivity contribution is 5.93. The van der Waals surface area contributed by atoms with E-state index in [9.17, 15) is 23.2 Å². The minimum Gasteiger partial charge on any atom is -0.489 e. The van der Waals surface area contributed by atoms with E-state index >= 15 is 0 Å². The molecule has 12 heteroatoms. The molecular weight excluding hydrogens is 502 g/mol. The first-order valence-electron chi connectivity index (χ1n) is 11.9. The normalized spacial score (nSPS) is 12.8. The lowest BCUT2D eigenvalue weighted by molar-refractivity contribution is -0.0515. The van der Waals surface area contributed by atoms with E-state index in [0.717, 1.165) is 17.5 Å². The third-order valence-electron chi connectivity index (χ3n) is 5.84. The number of amides is 1. The molecule has 1 amide bonds. The van der Waals surface area contributed by atoms with Gasteiger partial charge in [-0.3, -0.25) is 9.59 Å². The molecule has 0 atom stereocenters. The number of halogens is 2. The summed E-state index contributed by atoms with van der Waals surface area (Å²) in [6.45, 7) is 1.06. The Bertz CT molecular complexity index is 1410. The summed E-state index contributed by atoms with van der Waals surface area (Å²) in [6.07, 6.45) is 1.97. The first kappa shape index (κ1) is 26.7. The smallest absolute Gasteiger partial charge is 0.387 e. The fraction of sp³-hybridized carbons (Fsp3) is 0.346. The highest BCUT2D eigenvalue weighted by Crippen LogP contribution is 2.34. The lowest BCUT2D eigenvalue weighted by atomic mass is 10.2. The molecule has 0 bridgehead atoms. The number of carbonyl (C=O) groups excluding carboxylic acids is 2. The molecule has 3 aromatic rings. The van der Waals surface area contributed by atoms with Crippen LogP contribution in [0.15, 0.2) is 47.3 Å². The molecule has 38 heavy (non-hydrogen) atoms. The van der Waals surface area contributed by atoms with Crippen molar-refractivity contribution in [3.63, 3.8) is 0 Å². The second kappa shape index (κ2) is 11.4. The standard InChI is InChI=1S/C26H26F2N4O6/c1-4-31(3)24(34)18-6-5-7-21(29-18)38-25(35)23-15(2)12-22(33)32(30-23)17-10-11-19(37-26(27)28)20(13-17)36-14-16-8-9-16/h5-7,10-13,16,26H,4,8-9,14H2,1-3H3. The second-order valence-corrected chi connectivity index (χ2v) is 8.76. The van der Waals surface area contributed by atoms with Crippen LogP contribution in [0, 0.1) is 12.8 Å². The highest BCUT2D eigenvalue weighted by Gasteiger charge is 2.24. The summed E-state index contributed by atoms with van der Waals surface area (Å²) in [6, 6.07) is 9.58. The zero-order chi connectivity index (χ0) is 27.4. The van der Waals surface area contributed by atoms with E-state index in [2.05, 4.69) is 14.8 Å². The Labute approximate surface area is 216 Å². The van der Waals surface area contributed by atoms with Crippen molar-refractivity contribution >= 4 is 11.9 Å². The number of alkyl halides is 2. The molecule has 1 aliphatic carbocycles. The van der Waals surface area contributed by atoms with Gasteiger partial charge in [-0.15, -0.1) is 0 Å². The largest absolute Gasteiger partial charge is 0.489 e. The summed E-state index contributed by atoms with van der Waals surface area (Å²) < 4.78 is 42.2. The molecule has 0 N–H and O–H groups in total. The van der Waals surface area contributed by atoms with E-state index in [1.165, 1.54) is 54.3 Å². The molecule has 0 saturated heterocycles. The number of hydrogen-bond acceptors (Lipinski definition) is 8. The van der Waals surface area contributed by atoms with Crippen LogP contribution in [0.5, 0.6) is 17.4 Å². The number of hydrogen-bond donors (Lipinski definition) is 0. The molecular formula is C26H26F2N4O6. The number of ether oxygens (including phenoxy) is 3. The Morgan fingerprint density at radius 1 is 1.16 bits per heavy atom. The number of pyridine rings is 1. The molecule has 4 rings (SSSR count). The lowest BCUT2D eigenvalue weighted by Crippen LogP contribution is -2.27. The van der Waals surface area contributed by atoms with Crippen LogP contribution in [0.1, 0.15) is 46.3 Å². The predicted octanol–water partition coefficient (Wildman–Crippen LogP) is 3.64. The van der Waals surface area contributed by atoms with E-state index in [1.54, 1.807) is 7.05 Å². The average molecular weight is 529 g/mol.